The van der Waals surface area contributed by atoms with Crippen LogP contribution >= 0.6 is 11.8 Å². The Labute approximate surface area is 196 Å². The Balaban J connectivity index is 1.58. The Bertz CT molecular complexity index is 1200. The molecule has 0 atom stereocenters. The van der Waals surface area contributed by atoms with Gasteiger partial charge in [0.15, 0.2) is 11.0 Å². The minimum Gasteiger partial charge on any atom is -0.497 e. The maximum Gasteiger partial charge on any atom is 0.296 e. The van der Waals surface area contributed by atoms with Gasteiger partial charge in [0.25, 0.3) is 5.91 Å². The van der Waals surface area contributed by atoms with Crippen LogP contribution in [0, 0.1) is 0 Å². The fourth-order valence-electron chi connectivity index (χ4n) is 3.29. The maximum atomic E-state index is 12.8. The van der Waals surface area contributed by atoms with E-state index in [1.165, 1.54) is 11.8 Å². The van der Waals surface area contributed by atoms with Crippen LogP contribution in [0.1, 0.15) is 15.9 Å². The minimum absolute atomic E-state index is 0.0570. The van der Waals surface area contributed by atoms with Gasteiger partial charge in [0.2, 0.25) is 0 Å². The van der Waals surface area contributed by atoms with Crippen LogP contribution < -0.4 is 14.4 Å². The second kappa shape index (κ2) is 10.2. The van der Waals surface area contributed by atoms with Gasteiger partial charge in [-0.25, -0.2) is 0 Å². The van der Waals surface area contributed by atoms with Gasteiger partial charge < -0.3 is 9.47 Å². The van der Waals surface area contributed by atoms with Gasteiger partial charge in [-0.15, -0.1) is 0 Å². The number of Topliss-reactive ketones (excluding diaryl/α,β-unsaturated/α-hetero) is 1. The van der Waals surface area contributed by atoms with E-state index in [2.05, 4.69) is 4.99 Å². The molecular formula is C26H22N2O4S. The third kappa shape index (κ3) is 5.15. The monoisotopic (exact) mass is 458 g/mol. The van der Waals surface area contributed by atoms with Crippen LogP contribution in [0.4, 0.5) is 5.69 Å². The number of amidine groups is 1. The van der Waals surface area contributed by atoms with Crippen molar-refractivity contribution in [3.05, 3.63) is 95.7 Å². The van der Waals surface area contributed by atoms with E-state index in [0.29, 0.717) is 22.2 Å². The van der Waals surface area contributed by atoms with Crippen molar-refractivity contribution < 1.29 is 19.1 Å². The fraction of sp³-hybridized carbons (Fsp3) is 0.115. The van der Waals surface area contributed by atoms with Crippen molar-refractivity contribution >= 4 is 40.4 Å². The van der Waals surface area contributed by atoms with Crippen LogP contribution in [-0.4, -0.2) is 36.8 Å². The van der Waals surface area contributed by atoms with Crippen LogP contribution in [0.2, 0.25) is 0 Å². The molecule has 3 aromatic carbocycles. The molecule has 6 nitrogen and oxygen atoms in total. The highest BCUT2D eigenvalue weighted by molar-refractivity contribution is 8.14. The predicted molar refractivity (Wildman–Crippen MR) is 132 cm³/mol. The van der Waals surface area contributed by atoms with Gasteiger partial charge in [-0.2, -0.15) is 4.99 Å². The molecule has 1 aliphatic heterocycles. The third-order valence-electron chi connectivity index (χ3n) is 5.03. The van der Waals surface area contributed by atoms with Crippen molar-refractivity contribution in [2.45, 2.75) is 0 Å². The van der Waals surface area contributed by atoms with Gasteiger partial charge in [-0.3, -0.25) is 14.5 Å². The minimum atomic E-state index is -0.353. The van der Waals surface area contributed by atoms with E-state index in [0.717, 1.165) is 17.0 Å². The molecule has 166 valence electrons. The van der Waals surface area contributed by atoms with Gasteiger partial charge in [0.1, 0.15) is 17.2 Å². The highest BCUT2D eigenvalue weighted by atomic mass is 32.2. The lowest BCUT2D eigenvalue weighted by Gasteiger charge is -2.21. The number of hydrogen-bond donors (Lipinski definition) is 0. The summed E-state index contributed by atoms with van der Waals surface area (Å²) in [6, 6.07) is 23.9. The first-order chi connectivity index (χ1) is 16.1. The summed E-state index contributed by atoms with van der Waals surface area (Å²) in [7, 11) is 3.19. The number of carbonyl (C=O) groups excluding carboxylic acids is 2. The molecule has 1 heterocycles. The fourth-order valence-corrected chi connectivity index (χ4v) is 4.20. The largest absolute Gasteiger partial charge is 0.497 e. The molecule has 0 aliphatic carbocycles. The lowest BCUT2D eigenvalue weighted by Crippen LogP contribution is -2.25. The van der Waals surface area contributed by atoms with E-state index in [-0.39, 0.29) is 17.4 Å². The maximum absolute atomic E-state index is 12.8. The van der Waals surface area contributed by atoms with Crippen molar-refractivity contribution in [3.63, 3.8) is 0 Å². The zero-order chi connectivity index (χ0) is 23.2. The molecule has 3 aromatic rings. The topological polar surface area (TPSA) is 68.2 Å². The number of anilines is 1. The first-order valence-corrected chi connectivity index (χ1v) is 11.2. The van der Waals surface area contributed by atoms with Crippen molar-refractivity contribution in [1.82, 2.24) is 0 Å². The predicted octanol–water partition coefficient (Wildman–Crippen LogP) is 5.06. The molecule has 0 saturated heterocycles. The standard InChI is InChI=1S/C26H22N2O4S/c1-31-21-12-8-18(9-13-21)16-23-25(30)27-26(28(23)20-6-4-3-5-7-20)33-17-24(29)19-10-14-22(32-2)15-11-19/h3-16H,17H2,1-2H3. The second-order valence-electron chi connectivity index (χ2n) is 7.11. The van der Waals surface area contributed by atoms with Crippen molar-refractivity contribution in [3.8, 4) is 11.5 Å². The molecule has 0 radical (unpaired) electrons. The Hall–Kier alpha value is -3.84. The van der Waals surface area contributed by atoms with Crippen molar-refractivity contribution in [2.75, 3.05) is 24.9 Å². The molecule has 33 heavy (non-hydrogen) atoms. The van der Waals surface area contributed by atoms with Crippen LogP contribution in [0.25, 0.3) is 6.08 Å². The SMILES string of the molecule is COc1ccc(C=C2C(=O)N=C(SCC(=O)c3ccc(OC)cc3)N2c2ccccc2)cc1. The number of nitrogens with zero attached hydrogens (tertiary/aromatic N) is 2. The number of para-hydroxylation sites is 1. The van der Waals surface area contributed by atoms with Gasteiger partial charge in [0, 0.05) is 11.3 Å². The molecule has 0 bridgehead atoms. The number of ketones is 1. The quantitative estimate of drug-likeness (QED) is 0.364. The Morgan fingerprint density at radius 2 is 1.52 bits per heavy atom. The summed E-state index contributed by atoms with van der Waals surface area (Å²) in [4.78, 5) is 31.6. The van der Waals surface area contributed by atoms with Crippen LogP contribution in [-0.2, 0) is 4.79 Å². The zero-order valence-corrected chi connectivity index (χ0v) is 19.0. The molecule has 1 amide bonds. The van der Waals surface area contributed by atoms with Crippen LogP contribution in [0.15, 0.2) is 89.6 Å². The van der Waals surface area contributed by atoms with Gasteiger partial charge in [-0.1, -0.05) is 42.1 Å². The highest BCUT2D eigenvalue weighted by Gasteiger charge is 2.31. The van der Waals surface area contributed by atoms with E-state index in [4.69, 9.17) is 9.47 Å². The zero-order valence-electron chi connectivity index (χ0n) is 18.2. The number of benzene rings is 3. The molecule has 0 aromatic heterocycles. The van der Waals surface area contributed by atoms with E-state index in [1.54, 1.807) is 49.5 Å². The Morgan fingerprint density at radius 1 is 0.909 bits per heavy atom. The summed E-state index contributed by atoms with van der Waals surface area (Å²) in [5.41, 5.74) is 2.64. The first-order valence-electron chi connectivity index (χ1n) is 10.2. The van der Waals surface area contributed by atoms with E-state index in [1.807, 2.05) is 54.6 Å². The number of aliphatic imine (C=N–C) groups is 1. The summed E-state index contributed by atoms with van der Waals surface area (Å²) < 4.78 is 10.4. The molecule has 0 spiro atoms. The molecule has 0 saturated carbocycles. The smallest absolute Gasteiger partial charge is 0.296 e. The molecule has 0 fully saturated rings. The average Bonchev–Trinajstić information content (AvgIpc) is 3.18. The summed E-state index contributed by atoms with van der Waals surface area (Å²) in [6.07, 6.45) is 1.79. The molecular weight excluding hydrogens is 436 g/mol. The lowest BCUT2D eigenvalue weighted by atomic mass is 10.1. The van der Waals surface area contributed by atoms with Crippen molar-refractivity contribution in [2.24, 2.45) is 4.99 Å². The summed E-state index contributed by atoms with van der Waals surface area (Å²) >= 11 is 1.24. The van der Waals surface area contributed by atoms with Crippen LogP contribution in [0.3, 0.4) is 0 Å². The number of methoxy groups -OCH3 is 2. The molecule has 7 heteroatoms. The number of carbonyl (C=O) groups is 2. The Kier molecular flexibility index (Phi) is 6.90. The third-order valence-corrected chi connectivity index (χ3v) is 5.97. The molecule has 4 rings (SSSR count). The number of hydrogen-bond acceptors (Lipinski definition) is 6. The van der Waals surface area contributed by atoms with E-state index < -0.39 is 0 Å². The molecule has 1 aliphatic rings. The number of rotatable bonds is 7. The number of ether oxygens (including phenoxy) is 2. The number of amides is 1. The molecule has 0 N–H and O–H groups in total. The van der Waals surface area contributed by atoms with Gasteiger partial charge in [0.05, 0.1) is 20.0 Å². The normalized spacial score (nSPS) is 14.4. The van der Waals surface area contributed by atoms with E-state index >= 15 is 0 Å². The number of thioether (sulfide) groups is 1. The summed E-state index contributed by atoms with van der Waals surface area (Å²) in [5.74, 6) is 1.16. The highest BCUT2D eigenvalue weighted by Crippen LogP contribution is 2.31. The van der Waals surface area contributed by atoms with Crippen LogP contribution in [0.5, 0.6) is 11.5 Å². The second-order valence-corrected chi connectivity index (χ2v) is 8.06. The Morgan fingerprint density at radius 3 is 2.12 bits per heavy atom. The average molecular weight is 459 g/mol. The summed E-state index contributed by atoms with van der Waals surface area (Å²) in [5, 5.41) is 0.466. The van der Waals surface area contributed by atoms with E-state index in [9.17, 15) is 9.59 Å². The first kappa shape index (κ1) is 22.4. The molecule has 0 unspecified atom stereocenters. The van der Waals surface area contributed by atoms with Gasteiger partial charge in [-0.05, 0) is 60.2 Å². The summed E-state index contributed by atoms with van der Waals surface area (Å²) in [6.45, 7) is 0. The van der Waals surface area contributed by atoms with Gasteiger partial charge >= 0.3 is 0 Å². The lowest BCUT2D eigenvalue weighted by molar-refractivity contribution is -0.113. The van der Waals surface area contributed by atoms with Crippen molar-refractivity contribution in [1.29, 1.82) is 0 Å².